The van der Waals surface area contributed by atoms with E-state index < -0.39 is 0 Å². The van der Waals surface area contributed by atoms with Crippen molar-refractivity contribution in [2.75, 3.05) is 33.2 Å². The largest absolute Gasteiger partial charge is 0.388 e. The number of hydrazone groups is 6. The van der Waals surface area contributed by atoms with Gasteiger partial charge in [0, 0.05) is 19.3 Å². The maximum Gasteiger partial charge on any atom is 0.273 e. The molecule has 0 aliphatic heterocycles. The molecule has 0 aliphatic rings. The lowest BCUT2D eigenvalue weighted by atomic mass is 10.2. The average molecular weight is 853 g/mol. The number of guanidine groups is 2. The van der Waals surface area contributed by atoms with Crippen LogP contribution < -0.4 is 89.9 Å². The van der Waals surface area contributed by atoms with Crippen LogP contribution in [-0.2, 0) is 0 Å². The molecule has 0 radical (unpaired) electrons. The summed E-state index contributed by atoms with van der Waals surface area (Å²) in [6.45, 7) is 2.10. The number of nitrogens with two attached hydrogens (primary N) is 10. The zero-order chi connectivity index (χ0) is 44.1. The normalized spacial score (nSPS) is 13.5. The second-order valence-corrected chi connectivity index (χ2v) is 11.7. The Balaban J connectivity index is 1.16. The van der Waals surface area contributed by atoms with Crippen LogP contribution in [0.4, 0.5) is 47.6 Å². The highest BCUT2D eigenvalue weighted by molar-refractivity contribution is 5.87. The number of aromatic nitrogens is 12. The molecule has 28 N–H and O–H groups in total. The van der Waals surface area contributed by atoms with Crippen molar-refractivity contribution in [1.29, 1.82) is 0 Å². The number of nitrogens with one attached hydrogen (secondary N) is 8. The summed E-state index contributed by atoms with van der Waals surface area (Å²) in [4.78, 5) is 24.0. The maximum atomic E-state index is 6.02. The van der Waals surface area contributed by atoms with Crippen molar-refractivity contribution in [2.45, 2.75) is 58.3 Å². The van der Waals surface area contributed by atoms with Crippen molar-refractivity contribution in [3.05, 3.63) is 0 Å². The highest BCUT2D eigenvalue weighted by atomic mass is 15.5. The molecule has 0 atom stereocenters. The number of aromatic amines is 2. The van der Waals surface area contributed by atoms with Gasteiger partial charge >= 0.3 is 0 Å². The molecule has 0 aliphatic carbocycles. The molecule has 0 unspecified atom stereocenters. The standard InChI is InChI=1S/C25H48N36/c1-2-3-4-7-11(27)43-53-22-41-20(51-55-22)38-15(31)47-49-19(35)61-17(33)40-25(59-61)57-45-13(29)9-6-5-8-12(28)44-54-23-42-21(52-56-23)37-14(30)46-48-18(34)60-16(32)39-24(58-60)50-36-10-26/h10H,2-9H2,1H3,(H2,26,36)(H2,27,43)(H2,28,44)(H2,29,45)(H2,34,48)(H2,35,49)(H3,32,39,50,58)(H3,33,40,57,59)(H5,30,37,42,46,52,54,56)(H5,31,38,41,47,51,53,55). The van der Waals surface area contributed by atoms with Crippen LogP contribution in [0.3, 0.4) is 0 Å². The Kier molecular flexibility index (Phi) is 16.4. The van der Waals surface area contributed by atoms with E-state index in [9.17, 15) is 0 Å². The van der Waals surface area contributed by atoms with Crippen LogP contribution in [0.5, 0.6) is 0 Å². The summed E-state index contributed by atoms with van der Waals surface area (Å²) in [7, 11) is 0. The molecule has 0 saturated carbocycles. The minimum Gasteiger partial charge on any atom is -0.388 e. The van der Waals surface area contributed by atoms with E-state index in [1.54, 1.807) is 0 Å². The zero-order valence-corrected chi connectivity index (χ0v) is 32.6. The Morgan fingerprint density at radius 2 is 1.02 bits per heavy atom. The predicted molar refractivity (Wildman–Crippen MR) is 229 cm³/mol. The van der Waals surface area contributed by atoms with E-state index in [1.807, 2.05) is 0 Å². The summed E-state index contributed by atoms with van der Waals surface area (Å²) in [6, 6.07) is 0. The Bertz CT molecular complexity index is 2250. The van der Waals surface area contributed by atoms with Crippen molar-refractivity contribution in [2.24, 2.45) is 86.5 Å². The van der Waals surface area contributed by atoms with Crippen molar-refractivity contribution in [3.63, 3.8) is 0 Å². The molecule has 0 fully saturated rings. The molecule has 0 spiro atoms. The first kappa shape index (κ1) is 44.4. The van der Waals surface area contributed by atoms with Gasteiger partial charge in [0.1, 0.15) is 23.8 Å². The molecule has 0 bridgehead atoms. The number of H-pyrrole nitrogens is 2. The lowest BCUT2D eigenvalue weighted by molar-refractivity contribution is 0.739. The fourth-order valence-electron chi connectivity index (χ4n) is 4.18. The molecule has 36 heteroatoms. The SMILES string of the molecule is CCCCC/C(N)=N/Nc1nc(/N=C(\N)N/N=C(\N)n2nc(N/N=C(\N)CCCC/C(N)=N/Nc3nc(/N=C(\N)N/N=C(\N)n4nc(N/N=C\N)nc4N)n[nH]3)nc2N)n[nH]1. The molecule has 0 saturated heterocycles. The average Bonchev–Trinajstić information content (AvgIpc) is 4.05. The molecular formula is C25H48N36. The molecule has 4 aromatic rings. The van der Waals surface area contributed by atoms with E-state index in [2.05, 4.69) is 131 Å². The van der Waals surface area contributed by atoms with Gasteiger partial charge in [-0.3, -0.25) is 0 Å². The van der Waals surface area contributed by atoms with E-state index in [4.69, 9.17) is 57.3 Å². The summed E-state index contributed by atoms with van der Waals surface area (Å²) in [5.41, 5.74) is 73.4. The van der Waals surface area contributed by atoms with Crippen molar-refractivity contribution in [1.82, 2.24) is 70.7 Å². The highest BCUT2D eigenvalue weighted by Crippen LogP contribution is 2.10. The summed E-state index contributed by atoms with van der Waals surface area (Å²) in [6.07, 6.45) is 6.78. The van der Waals surface area contributed by atoms with Crippen LogP contribution in [-0.4, -0.2) is 108 Å². The summed E-state index contributed by atoms with van der Waals surface area (Å²) in [5, 5.41) is 44.5. The lowest BCUT2D eigenvalue weighted by Gasteiger charge is -2.03. The smallest absolute Gasteiger partial charge is 0.273 e. The predicted octanol–water partition coefficient (Wildman–Crippen LogP) is -4.90. The van der Waals surface area contributed by atoms with E-state index in [0.717, 1.165) is 35.0 Å². The van der Waals surface area contributed by atoms with E-state index in [0.29, 0.717) is 37.9 Å². The van der Waals surface area contributed by atoms with Crippen molar-refractivity contribution in [3.8, 4) is 0 Å². The molecule has 36 nitrogen and oxygen atoms in total. The quantitative estimate of drug-likeness (QED) is 0.0162. The van der Waals surface area contributed by atoms with Gasteiger partial charge in [-0.25, -0.2) is 42.8 Å². The molecule has 4 rings (SSSR count). The minimum absolute atomic E-state index is 0.00785. The molecule has 0 aromatic carbocycles. The van der Waals surface area contributed by atoms with Crippen LogP contribution in [0.25, 0.3) is 0 Å². The number of hydrogen-bond donors (Lipinski definition) is 18. The Hall–Kier alpha value is -9.28. The molecule has 4 heterocycles. The first-order valence-corrected chi connectivity index (χ1v) is 17.7. The van der Waals surface area contributed by atoms with Crippen LogP contribution in [0, 0.1) is 0 Å². The fourth-order valence-corrected chi connectivity index (χ4v) is 4.18. The topological polar surface area (TPSA) is 576 Å². The first-order chi connectivity index (χ1) is 29.3. The van der Waals surface area contributed by atoms with Gasteiger partial charge in [0.25, 0.3) is 23.8 Å². The number of nitrogens with zero attached hydrogens (tertiary/aromatic N) is 18. The Morgan fingerprint density at radius 3 is 1.46 bits per heavy atom. The number of nitrogen functional groups attached to an aromatic ring is 2. The second-order valence-electron chi connectivity index (χ2n) is 11.7. The van der Waals surface area contributed by atoms with Crippen LogP contribution in [0.15, 0.2) is 40.6 Å². The van der Waals surface area contributed by atoms with Gasteiger partial charge in [0.05, 0.1) is 0 Å². The van der Waals surface area contributed by atoms with Crippen LogP contribution in [0.1, 0.15) is 58.3 Å². The van der Waals surface area contributed by atoms with Gasteiger partial charge in [-0.1, -0.05) is 19.8 Å². The van der Waals surface area contributed by atoms with Crippen molar-refractivity contribution < 1.29 is 0 Å². The van der Waals surface area contributed by atoms with Crippen LogP contribution >= 0.6 is 0 Å². The minimum atomic E-state index is -0.227. The molecule has 4 aromatic heterocycles. The molecule has 61 heavy (non-hydrogen) atoms. The third-order valence-corrected chi connectivity index (χ3v) is 6.96. The maximum absolute atomic E-state index is 6.02. The number of anilines is 6. The Labute approximate surface area is 343 Å². The van der Waals surface area contributed by atoms with Gasteiger partial charge in [0.2, 0.25) is 47.6 Å². The molecule has 0 amide bonds. The first-order valence-electron chi connectivity index (χ1n) is 17.7. The number of hydrogen-bond acceptors (Lipinski definition) is 22. The van der Waals surface area contributed by atoms with Gasteiger partial charge in [0.15, 0.2) is 0 Å². The number of amidine groups is 3. The monoisotopic (exact) mass is 852 g/mol. The van der Waals surface area contributed by atoms with E-state index in [1.165, 1.54) is 0 Å². The number of aliphatic imine (C=N–C) groups is 2. The molecule has 328 valence electrons. The number of rotatable bonds is 21. The molecular weight excluding hydrogens is 805 g/mol. The van der Waals surface area contributed by atoms with Crippen LogP contribution in [0.2, 0.25) is 0 Å². The zero-order valence-electron chi connectivity index (χ0n) is 32.6. The summed E-state index contributed by atoms with van der Waals surface area (Å²) >= 11 is 0. The Morgan fingerprint density at radius 1 is 0.590 bits per heavy atom. The van der Waals surface area contributed by atoms with Gasteiger partial charge in [-0.2, -0.15) is 59.7 Å². The third-order valence-electron chi connectivity index (χ3n) is 6.96. The van der Waals surface area contributed by atoms with Crippen molar-refractivity contribution >= 4 is 95.3 Å². The van der Waals surface area contributed by atoms with Gasteiger partial charge in [-0.05, 0) is 19.3 Å². The second kappa shape index (κ2) is 22.5. The fraction of sp³-hybridized carbons (Fsp3) is 0.360. The van der Waals surface area contributed by atoms with Gasteiger partial charge < -0.3 is 57.3 Å². The third kappa shape index (κ3) is 15.0. The number of unbranched alkanes of at least 4 members (excludes halogenated alkanes) is 3. The summed E-state index contributed by atoms with van der Waals surface area (Å²) < 4.78 is 2.02. The lowest BCUT2D eigenvalue weighted by Crippen LogP contribution is -2.33. The highest BCUT2D eigenvalue weighted by Gasteiger charge is 2.12. The van der Waals surface area contributed by atoms with E-state index in [-0.39, 0.29) is 83.1 Å². The van der Waals surface area contributed by atoms with E-state index >= 15 is 0 Å². The van der Waals surface area contributed by atoms with Gasteiger partial charge in [-0.15, -0.1) is 30.6 Å². The summed E-state index contributed by atoms with van der Waals surface area (Å²) in [5.74, 6) is 0.173.